The average molecular weight is 252 g/mol. The van der Waals surface area contributed by atoms with Crippen molar-refractivity contribution in [3.63, 3.8) is 0 Å². The molecule has 94 valence electrons. The minimum Gasteiger partial charge on any atom is -0.326 e. The first-order chi connectivity index (χ1) is 9.22. The summed E-state index contributed by atoms with van der Waals surface area (Å²) in [7, 11) is 0. The van der Waals surface area contributed by atoms with E-state index in [0.717, 1.165) is 28.1 Å². The number of aromatic nitrogens is 2. The van der Waals surface area contributed by atoms with E-state index in [4.69, 9.17) is 0 Å². The molecule has 4 nitrogen and oxygen atoms in total. The minimum atomic E-state index is -0.0711. The molecular weight excluding hydrogens is 238 g/mol. The fourth-order valence-electron chi connectivity index (χ4n) is 2.09. The van der Waals surface area contributed by atoms with Crippen LogP contribution in [-0.4, -0.2) is 10.9 Å². The minimum absolute atomic E-state index is 0.0711. The van der Waals surface area contributed by atoms with E-state index in [2.05, 4.69) is 15.3 Å². The van der Waals surface area contributed by atoms with Crippen LogP contribution in [0.1, 0.15) is 6.92 Å². The molecule has 0 atom stereocenters. The van der Waals surface area contributed by atoms with Gasteiger partial charge < -0.3 is 5.32 Å². The van der Waals surface area contributed by atoms with Gasteiger partial charge in [0.1, 0.15) is 0 Å². The molecule has 1 aromatic heterocycles. The zero-order valence-electron chi connectivity index (χ0n) is 10.5. The van der Waals surface area contributed by atoms with Crippen molar-refractivity contribution >= 4 is 22.6 Å². The van der Waals surface area contributed by atoms with E-state index < -0.39 is 0 Å². The summed E-state index contributed by atoms with van der Waals surface area (Å²) >= 11 is 0. The number of amides is 1. The highest BCUT2D eigenvalue weighted by Gasteiger charge is 2.12. The fourth-order valence-corrected chi connectivity index (χ4v) is 2.09. The van der Waals surface area contributed by atoms with Gasteiger partial charge in [0.15, 0.2) is 11.0 Å². The Morgan fingerprint density at radius 3 is 2.68 bits per heavy atom. The van der Waals surface area contributed by atoms with Crippen molar-refractivity contribution < 1.29 is 9.78 Å². The number of anilines is 1. The molecule has 2 aromatic carbocycles. The molecule has 3 rings (SSSR count). The number of nitrogens with one attached hydrogen (secondary N) is 3. The first-order valence-corrected chi connectivity index (χ1v) is 6.10. The van der Waals surface area contributed by atoms with Gasteiger partial charge in [-0.2, -0.15) is 0 Å². The van der Waals surface area contributed by atoms with E-state index in [1.807, 2.05) is 48.5 Å². The summed E-state index contributed by atoms with van der Waals surface area (Å²) in [5.74, 6) is 0.883. The molecule has 0 unspecified atom stereocenters. The molecule has 0 bridgehead atoms. The van der Waals surface area contributed by atoms with Gasteiger partial charge in [-0.3, -0.25) is 4.79 Å². The van der Waals surface area contributed by atoms with E-state index in [0.29, 0.717) is 0 Å². The van der Waals surface area contributed by atoms with Crippen molar-refractivity contribution in [1.29, 1.82) is 0 Å². The van der Waals surface area contributed by atoms with E-state index in [1.165, 1.54) is 6.92 Å². The molecule has 0 aliphatic rings. The first-order valence-electron chi connectivity index (χ1n) is 6.10. The van der Waals surface area contributed by atoms with Crippen LogP contribution in [0.4, 0.5) is 5.69 Å². The molecule has 3 aromatic rings. The maximum Gasteiger partial charge on any atom is 0.285 e. The number of carbonyl (C=O) groups excluding carboxylic acids is 1. The predicted molar refractivity (Wildman–Crippen MR) is 74.6 cm³/mol. The Hall–Kier alpha value is -2.62. The van der Waals surface area contributed by atoms with Crippen molar-refractivity contribution in [2.24, 2.45) is 0 Å². The summed E-state index contributed by atoms with van der Waals surface area (Å²) in [6, 6.07) is 15.8. The lowest BCUT2D eigenvalue weighted by Gasteiger charge is -1.98. The Kier molecular flexibility index (Phi) is 2.76. The summed E-state index contributed by atoms with van der Waals surface area (Å²) in [5.41, 5.74) is 3.85. The third-order valence-corrected chi connectivity index (χ3v) is 2.92. The fraction of sp³-hybridized carbons (Fsp3) is 0.0667. The van der Waals surface area contributed by atoms with Crippen LogP contribution in [0, 0.1) is 0 Å². The van der Waals surface area contributed by atoms with Crippen molar-refractivity contribution in [2.45, 2.75) is 6.92 Å². The van der Waals surface area contributed by atoms with Crippen molar-refractivity contribution in [2.75, 3.05) is 5.32 Å². The van der Waals surface area contributed by atoms with Gasteiger partial charge in [0.05, 0.1) is 5.56 Å². The van der Waals surface area contributed by atoms with Crippen LogP contribution in [0.25, 0.3) is 22.4 Å². The SMILES string of the molecule is CC(=O)Nc1ccc2[nH+]c(-c3ccccc3)[nH]c2c1. The van der Waals surface area contributed by atoms with Gasteiger partial charge in [0, 0.05) is 18.7 Å². The topological polar surface area (TPSA) is 59.0 Å². The molecule has 0 aliphatic carbocycles. The van der Waals surface area contributed by atoms with Gasteiger partial charge in [-0.25, -0.2) is 9.97 Å². The Morgan fingerprint density at radius 2 is 1.95 bits per heavy atom. The molecule has 3 N–H and O–H groups in total. The van der Waals surface area contributed by atoms with Gasteiger partial charge in [-0.05, 0) is 24.3 Å². The number of H-pyrrole nitrogens is 2. The van der Waals surface area contributed by atoms with Crippen molar-refractivity contribution in [3.8, 4) is 11.4 Å². The van der Waals surface area contributed by atoms with E-state index in [9.17, 15) is 4.79 Å². The zero-order valence-corrected chi connectivity index (χ0v) is 10.5. The Bertz CT molecular complexity index is 731. The zero-order chi connectivity index (χ0) is 13.2. The maximum absolute atomic E-state index is 11.0. The van der Waals surface area contributed by atoms with E-state index in [1.54, 1.807) is 0 Å². The summed E-state index contributed by atoms with van der Waals surface area (Å²) in [4.78, 5) is 17.7. The number of benzene rings is 2. The van der Waals surface area contributed by atoms with Crippen LogP contribution in [0.3, 0.4) is 0 Å². The summed E-state index contributed by atoms with van der Waals surface area (Å²) in [6.45, 7) is 1.50. The van der Waals surface area contributed by atoms with Gasteiger partial charge in [-0.1, -0.05) is 18.2 Å². The average Bonchev–Trinajstić information content (AvgIpc) is 2.82. The van der Waals surface area contributed by atoms with E-state index in [-0.39, 0.29) is 5.91 Å². The summed E-state index contributed by atoms with van der Waals surface area (Å²) in [6.07, 6.45) is 0. The molecular formula is C15H14N3O+. The normalized spacial score (nSPS) is 10.6. The van der Waals surface area contributed by atoms with Gasteiger partial charge >= 0.3 is 0 Å². The Balaban J connectivity index is 2.04. The molecule has 1 amide bonds. The molecule has 0 saturated heterocycles. The van der Waals surface area contributed by atoms with Crippen LogP contribution in [0.5, 0.6) is 0 Å². The van der Waals surface area contributed by atoms with Gasteiger partial charge in [0.25, 0.3) is 5.82 Å². The van der Waals surface area contributed by atoms with Crippen LogP contribution in [0.15, 0.2) is 48.5 Å². The second-order valence-corrected chi connectivity index (χ2v) is 4.43. The van der Waals surface area contributed by atoms with Gasteiger partial charge in [-0.15, -0.1) is 0 Å². The number of carbonyl (C=O) groups is 1. The molecule has 0 aliphatic heterocycles. The lowest BCUT2D eigenvalue weighted by molar-refractivity contribution is -0.330. The molecule has 0 saturated carbocycles. The number of imidazole rings is 1. The number of hydrogen-bond donors (Lipinski definition) is 2. The third-order valence-electron chi connectivity index (χ3n) is 2.92. The standard InChI is InChI=1S/C15H13N3O/c1-10(19)16-12-7-8-13-14(9-12)18-15(17-13)11-5-3-2-4-6-11/h2-9H,1H3,(H,16,19)(H,17,18)/p+1. The van der Waals surface area contributed by atoms with Gasteiger partial charge in [0.2, 0.25) is 5.91 Å². The molecule has 19 heavy (non-hydrogen) atoms. The largest absolute Gasteiger partial charge is 0.326 e. The van der Waals surface area contributed by atoms with Crippen LogP contribution >= 0.6 is 0 Å². The lowest BCUT2D eigenvalue weighted by atomic mass is 10.2. The molecule has 0 radical (unpaired) electrons. The predicted octanol–water partition coefficient (Wildman–Crippen LogP) is 2.61. The number of hydrogen-bond acceptors (Lipinski definition) is 1. The van der Waals surface area contributed by atoms with Crippen molar-refractivity contribution in [1.82, 2.24) is 4.98 Å². The lowest BCUT2D eigenvalue weighted by Crippen LogP contribution is -2.05. The summed E-state index contributed by atoms with van der Waals surface area (Å²) < 4.78 is 0. The molecule has 0 fully saturated rings. The third kappa shape index (κ3) is 2.33. The molecule has 4 heteroatoms. The highest BCUT2D eigenvalue weighted by atomic mass is 16.1. The van der Waals surface area contributed by atoms with Crippen LogP contribution < -0.4 is 10.3 Å². The van der Waals surface area contributed by atoms with Crippen molar-refractivity contribution in [3.05, 3.63) is 48.5 Å². The quantitative estimate of drug-likeness (QED) is 0.723. The maximum atomic E-state index is 11.0. The van der Waals surface area contributed by atoms with Crippen LogP contribution in [0.2, 0.25) is 0 Å². The van der Waals surface area contributed by atoms with Crippen LogP contribution in [-0.2, 0) is 4.79 Å². The molecule has 0 spiro atoms. The summed E-state index contributed by atoms with van der Waals surface area (Å²) in [5, 5.41) is 2.77. The smallest absolute Gasteiger partial charge is 0.285 e. The second-order valence-electron chi connectivity index (χ2n) is 4.43. The number of rotatable bonds is 2. The highest BCUT2D eigenvalue weighted by molar-refractivity contribution is 5.91. The Morgan fingerprint density at radius 1 is 1.16 bits per heavy atom. The molecule has 1 heterocycles. The second kappa shape index (κ2) is 4.57. The highest BCUT2D eigenvalue weighted by Crippen LogP contribution is 2.19. The number of fused-ring (bicyclic) bond motifs is 1. The Labute approximate surface area is 110 Å². The monoisotopic (exact) mass is 252 g/mol. The van der Waals surface area contributed by atoms with E-state index >= 15 is 0 Å². The first kappa shape index (κ1) is 11.5. The number of aromatic amines is 2.